The van der Waals surface area contributed by atoms with Crippen molar-refractivity contribution in [2.45, 2.75) is 5.92 Å². The highest BCUT2D eigenvalue weighted by Gasteiger charge is 2.34. The number of nitrogens with two attached hydrogens (primary N) is 1. The number of allylic oxidation sites excluding steroid dienone is 2. The van der Waals surface area contributed by atoms with E-state index >= 15 is 0 Å². The molecule has 1 atom stereocenters. The highest BCUT2D eigenvalue weighted by atomic mass is 16.7. The van der Waals surface area contributed by atoms with Gasteiger partial charge < -0.3 is 19.9 Å². The van der Waals surface area contributed by atoms with E-state index in [0.29, 0.717) is 28.4 Å². The molecule has 126 valence electrons. The maximum atomic E-state index is 9.83. The first-order valence-corrected chi connectivity index (χ1v) is 7.89. The van der Waals surface area contributed by atoms with Crippen molar-refractivity contribution in [2.24, 2.45) is 5.73 Å². The van der Waals surface area contributed by atoms with E-state index in [-0.39, 0.29) is 18.2 Å². The lowest BCUT2D eigenvalue weighted by Crippen LogP contribution is -2.20. The molecule has 2 aromatic carbocycles. The van der Waals surface area contributed by atoms with Crippen LogP contribution >= 0.6 is 0 Å². The third kappa shape index (κ3) is 2.42. The van der Waals surface area contributed by atoms with Crippen LogP contribution in [0, 0.1) is 22.7 Å². The molecule has 0 bridgehead atoms. The standard InChI is InChI=1S/C20H13N3O3/c21-9-14-18(13-6-7-16-17(8-13)25-11-24-16)15(10-22)20(23)26-19(14)12-4-2-1-3-5-12/h1-8,18H,11,23H2/t18-/m0/s1. The van der Waals surface area contributed by atoms with Crippen molar-refractivity contribution >= 4 is 5.76 Å². The Kier molecular flexibility index (Phi) is 3.72. The summed E-state index contributed by atoms with van der Waals surface area (Å²) in [7, 11) is 0. The number of nitriles is 2. The Morgan fingerprint density at radius 1 is 0.923 bits per heavy atom. The van der Waals surface area contributed by atoms with Gasteiger partial charge in [-0.15, -0.1) is 0 Å². The molecule has 0 saturated heterocycles. The number of nitrogens with zero attached hydrogens (tertiary/aromatic N) is 2. The molecule has 2 aliphatic heterocycles. The molecular formula is C20H13N3O3. The van der Waals surface area contributed by atoms with Crippen molar-refractivity contribution in [1.82, 2.24) is 0 Å². The van der Waals surface area contributed by atoms with Crippen LogP contribution in [-0.4, -0.2) is 6.79 Å². The number of rotatable bonds is 2. The number of hydrogen-bond acceptors (Lipinski definition) is 6. The Morgan fingerprint density at radius 3 is 2.38 bits per heavy atom. The van der Waals surface area contributed by atoms with Gasteiger partial charge in [-0.2, -0.15) is 10.5 Å². The summed E-state index contributed by atoms with van der Waals surface area (Å²) in [6.45, 7) is 0.145. The van der Waals surface area contributed by atoms with E-state index in [1.165, 1.54) is 0 Å². The predicted octanol–water partition coefficient (Wildman–Crippen LogP) is 3.16. The average Bonchev–Trinajstić information content (AvgIpc) is 3.15. The van der Waals surface area contributed by atoms with Gasteiger partial charge in [0.15, 0.2) is 17.3 Å². The van der Waals surface area contributed by atoms with Crippen molar-refractivity contribution < 1.29 is 14.2 Å². The fourth-order valence-electron chi connectivity index (χ4n) is 3.10. The fourth-order valence-corrected chi connectivity index (χ4v) is 3.10. The Bertz CT molecular complexity index is 1030. The third-order valence-corrected chi connectivity index (χ3v) is 4.31. The van der Waals surface area contributed by atoms with Gasteiger partial charge in [0.25, 0.3) is 0 Å². The largest absolute Gasteiger partial charge is 0.454 e. The van der Waals surface area contributed by atoms with Crippen LogP contribution in [0.4, 0.5) is 0 Å². The molecule has 0 unspecified atom stereocenters. The minimum absolute atomic E-state index is 0.00646. The van der Waals surface area contributed by atoms with Crippen LogP contribution in [0.1, 0.15) is 17.0 Å². The predicted molar refractivity (Wildman–Crippen MR) is 92.2 cm³/mol. The van der Waals surface area contributed by atoms with Gasteiger partial charge in [-0.05, 0) is 17.7 Å². The molecule has 0 fully saturated rings. The molecule has 6 heteroatoms. The van der Waals surface area contributed by atoms with Crippen LogP contribution in [0.3, 0.4) is 0 Å². The summed E-state index contributed by atoms with van der Waals surface area (Å²) in [6, 6.07) is 18.8. The number of hydrogen-bond donors (Lipinski definition) is 1. The second-order valence-corrected chi connectivity index (χ2v) is 5.76. The second kappa shape index (κ2) is 6.19. The topological polar surface area (TPSA) is 101 Å². The maximum Gasteiger partial charge on any atom is 0.231 e. The first kappa shape index (κ1) is 15.6. The molecule has 2 heterocycles. The Morgan fingerprint density at radius 2 is 1.65 bits per heavy atom. The average molecular weight is 343 g/mol. The highest BCUT2D eigenvalue weighted by molar-refractivity contribution is 5.74. The molecule has 2 aliphatic rings. The summed E-state index contributed by atoms with van der Waals surface area (Å²) in [5, 5.41) is 19.4. The third-order valence-electron chi connectivity index (χ3n) is 4.31. The zero-order valence-corrected chi connectivity index (χ0v) is 13.6. The molecule has 6 nitrogen and oxygen atoms in total. The van der Waals surface area contributed by atoms with Crippen molar-refractivity contribution in [1.29, 1.82) is 10.5 Å². The van der Waals surface area contributed by atoms with Gasteiger partial charge >= 0.3 is 0 Å². The lowest BCUT2D eigenvalue weighted by atomic mass is 9.82. The molecule has 0 saturated carbocycles. The Labute approximate surface area is 149 Å². The van der Waals surface area contributed by atoms with Gasteiger partial charge in [0.05, 0.1) is 17.6 Å². The van der Waals surface area contributed by atoms with Crippen molar-refractivity contribution in [3.63, 3.8) is 0 Å². The van der Waals surface area contributed by atoms with E-state index in [2.05, 4.69) is 12.1 Å². The van der Waals surface area contributed by atoms with Crippen LogP contribution < -0.4 is 15.2 Å². The second-order valence-electron chi connectivity index (χ2n) is 5.76. The monoisotopic (exact) mass is 343 g/mol. The van der Waals surface area contributed by atoms with Gasteiger partial charge in [0.1, 0.15) is 11.6 Å². The van der Waals surface area contributed by atoms with Gasteiger partial charge in [-0.25, -0.2) is 0 Å². The summed E-state index contributed by atoms with van der Waals surface area (Å²) in [5.41, 5.74) is 7.95. The molecule has 2 N–H and O–H groups in total. The SMILES string of the molecule is N#CC1=C(N)OC(c2ccccc2)=C(C#N)[C@@H]1c1ccc2c(c1)OCO2. The van der Waals surface area contributed by atoms with Crippen LogP contribution in [-0.2, 0) is 4.74 Å². The lowest BCUT2D eigenvalue weighted by molar-refractivity contribution is 0.174. The van der Waals surface area contributed by atoms with E-state index in [1.807, 2.05) is 30.3 Å². The maximum absolute atomic E-state index is 9.83. The molecule has 0 aliphatic carbocycles. The normalized spacial score (nSPS) is 18.2. The summed E-state index contributed by atoms with van der Waals surface area (Å²) < 4.78 is 16.4. The molecule has 2 aromatic rings. The summed E-state index contributed by atoms with van der Waals surface area (Å²) >= 11 is 0. The van der Waals surface area contributed by atoms with Crippen LogP contribution in [0.2, 0.25) is 0 Å². The summed E-state index contributed by atoms with van der Waals surface area (Å²) in [5.74, 6) is 0.911. The number of benzene rings is 2. The van der Waals surface area contributed by atoms with Gasteiger partial charge in [0, 0.05) is 5.56 Å². The molecule has 0 aromatic heterocycles. The minimum atomic E-state index is -0.636. The zero-order chi connectivity index (χ0) is 18.1. The van der Waals surface area contributed by atoms with Crippen molar-refractivity contribution in [2.75, 3.05) is 6.79 Å². The first-order chi connectivity index (χ1) is 12.7. The first-order valence-electron chi connectivity index (χ1n) is 7.89. The highest BCUT2D eigenvalue weighted by Crippen LogP contribution is 2.44. The summed E-state index contributed by atoms with van der Waals surface area (Å²) in [6.07, 6.45) is 0. The summed E-state index contributed by atoms with van der Waals surface area (Å²) in [4.78, 5) is 0. The van der Waals surface area contributed by atoms with Crippen LogP contribution in [0.5, 0.6) is 11.5 Å². The van der Waals surface area contributed by atoms with E-state index in [9.17, 15) is 10.5 Å². The molecule has 4 rings (SSSR count). The van der Waals surface area contributed by atoms with Gasteiger partial charge in [-0.1, -0.05) is 36.4 Å². The van der Waals surface area contributed by atoms with Crippen LogP contribution in [0.25, 0.3) is 5.76 Å². The zero-order valence-electron chi connectivity index (χ0n) is 13.6. The minimum Gasteiger partial charge on any atom is -0.454 e. The van der Waals surface area contributed by atoms with Gasteiger partial charge in [0.2, 0.25) is 12.7 Å². The van der Waals surface area contributed by atoms with Crippen molar-refractivity contribution in [3.05, 3.63) is 76.7 Å². The number of ether oxygens (including phenoxy) is 3. The molecule has 26 heavy (non-hydrogen) atoms. The molecule has 0 amide bonds. The van der Waals surface area contributed by atoms with Gasteiger partial charge in [-0.3, -0.25) is 0 Å². The van der Waals surface area contributed by atoms with E-state index < -0.39 is 5.92 Å². The lowest BCUT2D eigenvalue weighted by Gasteiger charge is -2.26. The van der Waals surface area contributed by atoms with Crippen molar-refractivity contribution in [3.8, 4) is 23.6 Å². The van der Waals surface area contributed by atoms with Crippen LogP contribution in [0.15, 0.2) is 65.6 Å². The van der Waals surface area contributed by atoms with E-state index in [4.69, 9.17) is 19.9 Å². The molecule has 0 spiro atoms. The smallest absolute Gasteiger partial charge is 0.231 e. The van der Waals surface area contributed by atoms with E-state index in [0.717, 1.165) is 5.56 Å². The Balaban J connectivity index is 1.91. The fraction of sp³-hybridized carbons (Fsp3) is 0.100. The Hall–Kier alpha value is -3.90. The molecule has 0 radical (unpaired) electrons. The molecular weight excluding hydrogens is 330 g/mol. The van der Waals surface area contributed by atoms with E-state index in [1.54, 1.807) is 18.2 Å². The quantitative estimate of drug-likeness (QED) is 0.899. The number of fused-ring (bicyclic) bond motifs is 1.